The van der Waals surface area contributed by atoms with Crippen molar-refractivity contribution < 1.29 is 5.11 Å². The monoisotopic (exact) mass is 787 g/mol. The summed E-state index contributed by atoms with van der Waals surface area (Å²) in [5, 5.41) is 11.8. The molecule has 4 heteroatoms. The number of benzene rings is 6. The molecule has 8 aromatic rings. The molecular formula is C56H57N3O. The number of fused-ring (bicyclic) bond motifs is 1. The number of aromatic nitrogens is 3. The van der Waals surface area contributed by atoms with Crippen LogP contribution in [0.5, 0.6) is 5.75 Å². The van der Waals surface area contributed by atoms with Gasteiger partial charge in [-0.05, 0) is 130 Å². The molecule has 0 radical (unpaired) electrons. The highest BCUT2D eigenvalue weighted by atomic mass is 16.3. The van der Waals surface area contributed by atoms with Crippen LogP contribution in [0.4, 0.5) is 0 Å². The first-order valence-corrected chi connectivity index (χ1v) is 21.1. The molecule has 2 heterocycles. The quantitative estimate of drug-likeness (QED) is 0.175. The number of phenolic OH excluding ortho intramolecular Hbond substituents is 1. The van der Waals surface area contributed by atoms with Crippen LogP contribution < -0.4 is 0 Å². The summed E-state index contributed by atoms with van der Waals surface area (Å²) < 4.78 is 2.27. The second-order valence-corrected chi connectivity index (χ2v) is 19.2. The third-order valence-electron chi connectivity index (χ3n) is 12.8. The van der Waals surface area contributed by atoms with Crippen molar-refractivity contribution in [1.82, 2.24) is 14.5 Å². The van der Waals surface area contributed by atoms with Gasteiger partial charge in [0.1, 0.15) is 11.6 Å². The number of pyridine rings is 1. The van der Waals surface area contributed by atoms with E-state index in [0.29, 0.717) is 11.4 Å². The van der Waals surface area contributed by atoms with Gasteiger partial charge in [-0.15, -0.1) is 0 Å². The summed E-state index contributed by atoms with van der Waals surface area (Å²) in [6, 6.07) is 47.9. The number of imidazole rings is 1. The average molecular weight is 788 g/mol. The van der Waals surface area contributed by atoms with Crippen molar-refractivity contribution in [1.29, 1.82) is 0 Å². The van der Waals surface area contributed by atoms with Crippen molar-refractivity contribution in [3.8, 4) is 67.5 Å². The summed E-state index contributed by atoms with van der Waals surface area (Å²) >= 11 is 0. The minimum atomic E-state index is -0.129. The van der Waals surface area contributed by atoms with Crippen LogP contribution >= 0.6 is 0 Å². The maximum Gasteiger partial charge on any atom is 0.149 e. The van der Waals surface area contributed by atoms with E-state index in [1.54, 1.807) is 0 Å². The maximum atomic E-state index is 11.8. The number of aromatic hydroxyl groups is 1. The van der Waals surface area contributed by atoms with Gasteiger partial charge in [-0.25, -0.2) is 4.98 Å². The first-order valence-electron chi connectivity index (χ1n) is 21.1. The van der Waals surface area contributed by atoms with Gasteiger partial charge in [0, 0.05) is 22.9 Å². The number of nitrogens with zero attached hydrogens (tertiary/aromatic N) is 3. The van der Waals surface area contributed by atoms with E-state index in [1.165, 1.54) is 22.3 Å². The molecule has 2 aromatic heterocycles. The van der Waals surface area contributed by atoms with E-state index >= 15 is 0 Å². The number of aryl methyl sites for hydroxylation is 3. The molecule has 0 unspecified atom stereocenters. The predicted octanol–water partition coefficient (Wildman–Crippen LogP) is 15.0. The Balaban J connectivity index is 1.41. The third kappa shape index (κ3) is 7.45. The molecule has 302 valence electrons. The second kappa shape index (κ2) is 15.1. The topological polar surface area (TPSA) is 50.9 Å². The Hall–Kier alpha value is -6.26. The molecule has 60 heavy (non-hydrogen) atoms. The Morgan fingerprint density at radius 3 is 1.93 bits per heavy atom. The predicted molar refractivity (Wildman–Crippen MR) is 253 cm³/mol. The van der Waals surface area contributed by atoms with Crippen molar-refractivity contribution in [2.75, 3.05) is 0 Å². The minimum Gasteiger partial charge on any atom is -0.507 e. The number of para-hydroxylation sites is 1. The van der Waals surface area contributed by atoms with Gasteiger partial charge >= 0.3 is 0 Å². The molecule has 6 aromatic carbocycles. The molecule has 8 rings (SSSR count). The molecule has 0 saturated heterocycles. The molecule has 0 spiro atoms. The summed E-state index contributed by atoms with van der Waals surface area (Å²) in [7, 11) is 0. The molecule has 0 fully saturated rings. The summed E-state index contributed by atoms with van der Waals surface area (Å²) in [4.78, 5) is 10.5. The van der Waals surface area contributed by atoms with E-state index in [-0.39, 0.29) is 22.0 Å². The van der Waals surface area contributed by atoms with Crippen molar-refractivity contribution in [3.63, 3.8) is 0 Å². The zero-order valence-corrected chi connectivity index (χ0v) is 37.1. The number of hydrogen-bond acceptors (Lipinski definition) is 3. The maximum absolute atomic E-state index is 11.8. The Morgan fingerprint density at radius 2 is 1.23 bits per heavy atom. The largest absolute Gasteiger partial charge is 0.507 e. The van der Waals surface area contributed by atoms with Gasteiger partial charge in [0.15, 0.2) is 0 Å². The molecule has 0 saturated carbocycles. The lowest BCUT2D eigenvalue weighted by molar-refractivity contribution is 0.225. The first kappa shape index (κ1) is 40.5. The number of phenols is 1. The highest BCUT2D eigenvalue weighted by Gasteiger charge is 2.35. The fourth-order valence-corrected chi connectivity index (χ4v) is 8.17. The highest BCUT2D eigenvalue weighted by molar-refractivity contribution is 5.98. The van der Waals surface area contributed by atoms with E-state index in [9.17, 15) is 5.11 Å². The van der Waals surface area contributed by atoms with Crippen LogP contribution in [0.25, 0.3) is 72.7 Å². The molecule has 4 nitrogen and oxygen atoms in total. The van der Waals surface area contributed by atoms with Crippen molar-refractivity contribution in [3.05, 3.63) is 167 Å². The summed E-state index contributed by atoms with van der Waals surface area (Å²) in [6.45, 7) is 24.5. The average Bonchev–Trinajstić information content (AvgIpc) is 3.61. The third-order valence-corrected chi connectivity index (χ3v) is 12.8. The lowest BCUT2D eigenvalue weighted by atomic mass is 9.65. The fraction of sp³-hybridized carbons (Fsp3) is 0.250. The zero-order valence-electron chi connectivity index (χ0n) is 37.1. The van der Waals surface area contributed by atoms with Crippen LogP contribution in [-0.4, -0.2) is 19.6 Å². The smallest absolute Gasteiger partial charge is 0.149 e. The molecule has 0 aliphatic rings. The van der Waals surface area contributed by atoms with Crippen LogP contribution in [0.1, 0.15) is 83.2 Å². The standard InChI is InChI=1S/C56H57N3O/c1-35-20-22-38(23-21-35)40-26-27-57-48(33-40)42-30-41(31-44(32-42)54(4,5)6)45-18-15-19-50-51(45)58-53(47-29-36(2)28-37(3)52(47)60)59(50)49-25-24-43(56(10,11)55(7,8)9)34-46(49)39-16-13-12-14-17-39/h12-34,60H,1-11H3. The lowest BCUT2D eigenvalue weighted by Crippen LogP contribution is -2.34. The van der Waals surface area contributed by atoms with Crippen molar-refractivity contribution >= 4 is 11.0 Å². The number of rotatable bonds is 7. The van der Waals surface area contributed by atoms with Crippen LogP contribution in [0.15, 0.2) is 140 Å². The van der Waals surface area contributed by atoms with E-state index in [4.69, 9.17) is 9.97 Å². The Morgan fingerprint density at radius 1 is 0.517 bits per heavy atom. The second-order valence-electron chi connectivity index (χ2n) is 19.2. The SMILES string of the molecule is Cc1ccc(-c2ccnc(-c3cc(-c4cccc5c4nc(-c4cc(C)cc(C)c4O)n5-c4ccc(C(C)(C)C(C)(C)C)cc4-c4ccccc4)cc(C(C)(C)C)c3)c2)cc1. The van der Waals surface area contributed by atoms with Crippen LogP contribution in [0.3, 0.4) is 0 Å². The Bertz CT molecular complexity index is 2880. The fourth-order valence-electron chi connectivity index (χ4n) is 8.17. The van der Waals surface area contributed by atoms with Gasteiger partial charge in [0.25, 0.3) is 0 Å². The summed E-state index contributed by atoms with van der Waals surface area (Å²) in [5.41, 5.74) is 17.5. The normalized spacial score (nSPS) is 12.3. The summed E-state index contributed by atoms with van der Waals surface area (Å²) in [5.74, 6) is 0.934. The molecule has 0 bridgehead atoms. The van der Waals surface area contributed by atoms with Crippen molar-refractivity contribution in [2.24, 2.45) is 5.41 Å². The molecule has 1 N–H and O–H groups in total. The molecular weight excluding hydrogens is 731 g/mol. The lowest BCUT2D eigenvalue weighted by Gasteiger charge is -2.40. The van der Waals surface area contributed by atoms with Crippen LogP contribution in [0.2, 0.25) is 0 Å². The van der Waals surface area contributed by atoms with Gasteiger partial charge < -0.3 is 5.11 Å². The highest BCUT2D eigenvalue weighted by Crippen LogP contribution is 2.46. The van der Waals surface area contributed by atoms with Gasteiger partial charge in [0.2, 0.25) is 0 Å². The van der Waals surface area contributed by atoms with Crippen LogP contribution in [0, 0.1) is 26.2 Å². The Kier molecular flexibility index (Phi) is 10.2. The van der Waals surface area contributed by atoms with Gasteiger partial charge in [0.05, 0.1) is 28.0 Å². The number of hydrogen-bond donors (Lipinski definition) is 1. The molecule has 0 aliphatic carbocycles. The van der Waals surface area contributed by atoms with Gasteiger partial charge in [-0.3, -0.25) is 9.55 Å². The van der Waals surface area contributed by atoms with E-state index in [2.05, 4.69) is 201 Å². The van der Waals surface area contributed by atoms with Gasteiger partial charge in [-0.2, -0.15) is 0 Å². The minimum absolute atomic E-state index is 0.0209. The molecule has 0 aliphatic heterocycles. The van der Waals surface area contributed by atoms with E-state index < -0.39 is 0 Å². The molecule has 0 amide bonds. The van der Waals surface area contributed by atoms with E-state index in [1.807, 2.05) is 19.2 Å². The van der Waals surface area contributed by atoms with Crippen LogP contribution in [-0.2, 0) is 10.8 Å². The molecule has 0 atom stereocenters. The van der Waals surface area contributed by atoms with Gasteiger partial charge in [-0.1, -0.05) is 146 Å². The van der Waals surface area contributed by atoms with Crippen molar-refractivity contribution in [2.45, 2.75) is 87.0 Å². The first-order chi connectivity index (χ1) is 28.4. The Labute approximate surface area is 356 Å². The van der Waals surface area contributed by atoms with E-state index in [0.717, 1.165) is 66.9 Å². The zero-order chi connectivity index (χ0) is 42.7. The summed E-state index contributed by atoms with van der Waals surface area (Å²) in [6.07, 6.45) is 1.91.